The third-order valence-corrected chi connectivity index (χ3v) is 4.39. The first-order chi connectivity index (χ1) is 12.3. The third-order valence-electron chi connectivity index (χ3n) is 4.39. The molecule has 1 amide bonds. The van der Waals surface area contributed by atoms with Gasteiger partial charge in [-0.05, 0) is 18.6 Å². The highest BCUT2D eigenvalue weighted by molar-refractivity contribution is 5.81. The minimum atomic E-state index is -4.24. The normalized spacial score (nSPS) is 16.7. The zero-order chi connectivity index (χ0) is 18.7. The van der Waals surface area contributed by atoms with E-state index in [2.05, 4.69) is 5.10 Å². The number of aromatic nitrogens is 2. The molecule has 2 aromatic rings. The Morgan fingerprint density at radius 3 is 2.65 bits per heavy atom. The number of rotatable bonds is 3. The van der Waals surface area contributed by atoms with Crippen molar-refractivity contribution in [3.8, 4) is 0 Å². The molecule has 1 saturated heterocycles. The lowest BCUT2D eigenvalue weighted by molar-refractivity contribution is -0.145. The van der Waals surface area contributed by atoms with E-state index in [1.54, 1.807) is 29.2 Å². The first-order valence-corrected chi connectivity index (χ1v) is 8.35. The van der Waals surface area contributed by atoms with Crippen molar-refractivity contribution in [2.45, 2.75) is 19.1 Å². The maximum Gasteiger partial charge on any atom is 0.401 e. The van der Waals surface area contributed by atoms with Crippen LogP contribution in [0.25, 0.3) is 10.9 Å². The van der Waals surface area contributed by atoms with Crippen LogP contribution in [0.2, 0.25) is 0 Å². The number of carbonyl (C=O) groups excluding carboxylic acids is 1. The van der Waals surface area contributed by atoms with Gasteiger partial charge in [0.25, 0.3) is 0 Å². The molecule has 1 aliphatic rings. The fraction of sp³-hybridized carbons (Fsp3) is 0.471. The van der Waals surface area contributed by atoms with Crippen LogP contribution in [-0.4, -0.2) is 64.4 Å². The molecule has 0 spiro atoms. The maximum absolute atomic E-state index is 12.6. The van der Waals surface area contributed by atoms with Gasteiger partial charge in [0, 0.05) is 31.6 Å². The Bertz CT molecular complexity index is 850. The number of fused-ring (bicyclic) bond motifs is 1. The molecule has 0 aliphatic carbocycles. The zero-order valence-electron chi connectivity index (χ0n) is 14.1. The monoisotopic (exact) mass is 368 g/mol. The van der Waals surface area contributed by atoms with Crippen molar-refractivity contribution in [1.82, 2.24) is 19.6 Å². The van der Waals surface area contributed by atoms with Gasteiger partial charge < -0.3 is 4.90 Å². The van der Waals surface area contributed by atoms with Crippen LogP contribution < -0.4 is 5.43 Å². The van der Waals surface area contributed by atoms with Crippen LogP contribution >= 0.6 is 0 Å². The summed E-state index contributed by atoms with van der Waals surface area (Å²) < 4.78 is 39.1. The summed E-state index contributed by atoms with van der Waals surface area (Å²) in [7, 11) is 0. The molecular weight excluding hydrogens is 349 g/mol. The number of benzene rings is 1. The molecule has 1 fully saturated rings. The van der Waals surface area contributed by atoms with Gasteiger partial charge in [-0.1, -0.05) is 12.1 Å². The predicted molar refractivity (Wildman–Crippen MR) is 89.7 cm³/mol. The number of hydrogen-bond acceptors (Lipinski definition) is 4. The average Bonchev–Trinajstić information content (AvgIpc) is 2.82. The van der Waals surface area contributed by atoms with Gasteiger partial charge in [-0.15, -0.1) is 0 Å². The molecule has 140 valence electrons. The van der Waals surface area contributed by atoms with Crippen LogP contribution in [-0.2, 0) is 11.3 Å². The molecule has 2 heterocycles. The van der Waals surface area contributed by atoms with Gasteiger partial charge >= 0.3 is 6.18 Å². The van der Waals surface area contributed by atoms with E-state index in [1.165, 1.54) is 15.8 Å². The molecule has 0 N–H and O–H groups in total. The minimum Gasteiger partial charge on any atom is -0.340 e. The topological polar surface area (TPSA) is 58.4 Å². The molecule has 3 rings (SSSR count). The second-order valence-electron chi connectivity index (χ2n) is 6.31. The van der Waals surface area contributed by atoms with Crippen molar-refractivity contribution < 1.29 is 18.0 Å². The number of amides is 1. The number of carbonyl (C=O) groups is 1. The highest BCUT2D eigenvalue weighted by Crippen LogP contribution is 2.18. The summed E-state index contributed by atoms with van der Waals surface area (Å²) in [5.74, 6) is -0.222. The second kappa shape index (κ2) is 7.45. The SMILES string of the molecule is O=C(Cn1ncc(=O)c2ccccc21)N1CCCN(CC(F)(F)F)CC1. The van der Waals surface area contributed by atoms with Gasteiger partial charge in [-0.25, -0.2) is 0 Å². The van der Waals surface area contributed by atoms with Crippen LogP contribution in [0, 0.1) is 0 Å². The number of hydrogen-bond donors (Lipinski definition) is 0. The summed E-state index contributed by atoms with van der Waals surface area (Å²) in [4.78, 5) is 27.3. The van der Waals surface area contributed by atoms with Crippen molar-refractivity contribution in [2.24, 2.45) is 0 Å². The number of para-hydroxylation sites is 1. The minimum absolute atomic E-state index is 0.0555. The first kappa shape index (κ1) is 18.4. The lowest BCUT2D eigenvalue weighted by Crippen LogP contribution is -2.39. The smallest absolute Gasteiger partial charge is 0.340 e. The summed E-state index contributed by atoms with van der Waals surface area (Å²) in [6.45, 7) is 0.130. The highest BCUT2D eigenvalue weighted by atomic mass is 19.4. The van der Waals surface area contributed by atoms with Gasteiger partial charge in [0.2, 0.25) is 11.3 Å². The fourth-order valence-electron chi connectivity index (χ4n) is 3.15. The lowest BCUT2D eigenvalue weighted by atomic mass is 10.2. The van der Waals surface area contributed by atoms with Gasteiger partial charge in [-0.2, -0.15) is 18.3 Å². The molecule has 1 aromatic heterocycles. The lowest BCUT2D eigenvalue weighted by Gasteiger charge is -2.23. The van der Waals surface area contributed by atoms with E-state index in [1.807, 2.05) is 0 Å². The van der Waals surface area contributed by atoms with E-state index < -0.39 is 12.7 Å². The molecule has 0 saturated carbocycles. The molecule has 9 heteroatoms. The van der Waals surface area contributed by atoms with Crippen LogP contribution in [0.1, 0.15) is 6.42 Å². The Morgan fingerprint density at radius 2 is 1.88 bits per heavy atom. The molecule has 26 heavy (non-hydrogen) atoms. The van der Waals surface area contributed by atoms with Crippen molar-refractivity contribution in [2.75, 3.05) is 32.7 Å². The van der Waals surface area contributed by atoms with Gasteiger partial charge in [-0.3, -0.25) is 19.2 Å². The Balaban J connectivity index is 1.69. The summed E-state index contributed by atoms with van der Waals surface area (Å²) in [5, 5.41) is 4.50. The number of halogens is 3. The summed E-state index contributed by atoms with van der Waals surface area (Å²) >= 11 is 0. The van der Waals surface area contributed by atoms with E-state index in [0.29, 0.717) is 30.4 Å². The van der Waals surface area contributed by atoms with E-state index in [9.17, 15) is 22.8 Å². The number of alkyl halides is 3. The third kappa shape index (κ3) is 4.40. The van der Waals surface area contributed by atoms with Crippen LogP contribution in [0.3, 0.4) is 0 Å². The van der Waals surface area contributed by atoms with E-state index in [0.717, 1.165) is 0 Å². The largest absolute Gasteiger partial charge is 0.401 e. The summed E-state index contributed by atoms with van der Waals surface area (Å²) in [5.41, 5.74) is 0.337. The van der Waals surface area contributed by atoms with E-state index in [4.69, 9.17) is 0 Å². The molecule has 0 atom stereocenters. The summed E-state index contributed by atoms with van der Waals surface area (Å²) in [6, 6.07) is 6.87. The Kier molecular flexibility index (Phi) is 5.26. The quantitative estimate of drug-likeness (QED) is 0.824. The standard InChI is InChI=1S/C17H19F3N4O2/c18-17(19,20)12-22-6-3-7-23(9-8-22)16(26)11-24-14-5-2-1-4-13(14)15(25)10-21-24/h1-2,4-5,10H,3,6-9,11-12H2. The Hall–Kier alpha value is -2.42. The molecule has 0 unspecified atom stereocenters. The molecule has 1 aliphatic heterocycles. The average molecular weight is 368 g/mol. The highest BCUT2D eigenvalue weighted by Gasteiger charge is 2.31. The fourth-order valence-corrected chi connectivity index (χ4v) is 3.15. The van der Waals surface area contributed by atoms with Gasteiger partial charge in [0.15, 0.2) is 0 Å². The van der Waals surface area contributed by atoms with Crippen molar-refractivity contribution >= 4 is 16.8 Å². The number of nitrogens with zero attached hydrogens (tertiary/aromatic N) is 4. The Labute approximate surface area is 147 Å². The van der Waals surface area contributed by atoms with Crippen molar-refractivity contribution in [3.05, 3.63) is 40.7 Å². The second-order valence-corrected chi connectivity index (χ2v) is 6.31. The summed E-state index contributed by atoms with van der Waals surface area (Å²) in [6.07, 6.45) is -2.58. The molecule has 0 bridgehead atoms. The molecular formula is C17H19F3N4O2. The van der Waals surface area contributed by atoms with Crippen molar-refractivity contribution in [1.29, 1.82) is 0 Å². The van der Waals surface area contributed by atoms with Crippen LogP contribution in [0.15, 0.2) is 35.3 Å². The van der Waals surface area contributed by atoms with Crippen LogP contribution in [0.4, 0.5) is 13.2 Å². The van der Waals surface area contributed by atoms with Crippen LogP contribution in [0.5, 0.6) is 0 Å². The van der Waals surface area contributed by atoms with Gasteiger partial charge in [0.1, 0.15) is 6.54 Å². The first-order valence-electron chi connectivity index (χ1n) is 8.35. The van der Waals surface area contributed by atoms with Gasteiger partial charge in [0.05, 0.1) is 18.3 Å². The maximum atomic E-state index is 12.6. The predicted octanol–water partition coefficient (Wildman–Crippen LogP) is 1.49. The van der Waals surface area contributed by atoms with Crippen molar-refractivity contribution in [3.63, 3.8) is 0 Å². The van der Waals surface area contributed by atoms with E-state index >= 15 is 0 Å². The Morgan fingerprint density at radius 1 is 1.12 bits per heavy atom. The zero-order valence-corrected chi connectivity index (χ0v) is 14.1. The van der Waals surface area contributed by atoms with E-state index in [-0.39, 0.29) is 31.0 Å². The molecule has 1 aromatic carbocycles. The molecule has 6 nitrogen and oxygen atoms in total. The molecule has 0 radical (unpaired) electrons.